The number of ether oxygens (including phenoxy) is 1. The zero-order valence-corrected chi connectivity index (χ0v) is 11.3. The van der Waals surface area contributed by atoms with E-state index in [-0.39, 0.29) is 5.78 Å². The van der Waals surface area contributed by atoms with E-state index in [4.69, 9.17) is 10.5 Å². The number of benzene rings is 1. The molecule has 1 heterocycles. The molecule has 1 fully saturated rings. The van der Waals surface area contributed by atoms with Crippen LogP contribution in [0.4, 0.5) is 0 Å². The molecule has 4 heteroatoms. The van der Waals surface area contributed by atoms with Gasteiger partial charge in [-0.05, 0) is 18.9 Å². The van der Waals surface area contributed by atoms with Crippen molar-refractivity contribution in [1.82, 2.24) is 0 Å². The highest BCUT2D eigenvalue weighted by Gasteiger charge is 2.51. The van der Waals surface area contributed by atoms with Crippen molar-refractivity contribution < 1.29 is 14.3 Å². The van der Waals surface area contributed by atoms with Crippen molar-refractivity contribution in [3.63, 3.8) is 0 Å². The van der Waals surface area contributed by atoms with Crippen LogP contribution in [0, 0.1) is 11.8 Å². The summed E-state index contributed by atoms with van der Waals surface area (Å²) < 4.78 is 5.20. The van der Waals surface area contributed by atoms with Crippen molar-refractivity contribution in [3.8, 4) is 0 Å². The van der Waals surface area contributed by atoms with E-state index in [0.29, 0.717) is 13.0 Å². The summed E-state index contributed by atoms with van der Waals surface area (Å²) in [5.41, 5.74) is 5.67. The van der Waals surface area contributed by atoms with Crippen molar-refractivity contribution in [1.29, 1.82) is 0 Å². The molecule has 0 spiro atoms. The van der Waals surface area contributed by atoms with Gasteiger partial charge >= 0.3 is 0 Å². The van der Waals surface area contributed by atoms with E-state index in [1.807, 2.05) is 30.3 Å². The molecule has 0 bridgehead atoms. The number of amides is 1. The van der Waals surface area contributed by atoms with Gasteiger partial charge in [0.15, 0.2) is 5.78 Å². The zero-order chi connectivity index (χ0) is 14.0. The first-order valence-corrected chi connectivity index (χ1v) is 6.45. The molecule has 102 valence electrons. The molecule has 2 N–H and O–H groups in total. The van der Waals surface area contributed by atoms with Crippen molar-refractivity contribution in [3.05, 3.63) is 35.9 Å². The molecule has 1 aliphatic rings. The Morgan fingerprint density at radius 3 is 2.42 bits per heavy atom. The Labute approximate surface area is 112 Å². The van der Waals surface area contributed by atoms with Gasteiger partial charge in [0.1, 0.15) is 5.60 Å². The van der Waals surface area contributed by atoms with Gasteiger partial charge < -0.3 is 10.5 Å². The topological polar surface area (TPSA) is 72.7 Å². The van der Waals surface area contributed by atoms with Crippen LogP contribution in [0.1, 0.15) is 19.4 Å². The third-order valence-corrected chi connectivity index (χ3v) is 3.79. The number of carbonyl (C=O) groups is 2. The van der Waals surface area contributed by atoms with Crippen LogP contribution in [0.25, 0.3) is 0 Å². The second kappa shape index (κ2) is 5.13. The quantitative estimate of drug-likeness (QED) is 0.785. The Morgan fingerprint density at radius 2 is 1.95 bits per heavy atom. The summed E-state index contributed by atoms with van der Waals surface area (Å²) in [6, 6.07) is 9.65. The Kier molecular flexibility index (Phi) is 3.71. The van der Waals surface area contributed by atoms with Crippen molar-refractivity contribution >= 4 is 11.7 Å². The fourth-order valence-electron chi connectivity index (χ4n) is 2.21. The molecular weight excluding hydrogens is 242 g/mol. The zero-order valence-electron chi connectivity index (χ0n) is 11.3. The molecule has 3 atom stereocenters. The Hall–Kier alpha value is -1.68. The fraction of sp³-hybridized carbons (Fsp3) is 0.467. The van der Waals surface area contributed by atoms with Crippen molar-refractivity contribution in [2.24, 2.45) is 17.6 Å². The minimum Gasteiger partial charge on any atom is -0.369 e. The Balaban J connectivity index is 2.19. The normalized spacial score (nSPS) is 24.5. The van der Waals surface area contributed by atoms with E-state index >= 15 is 0 Å². The average Bonchev–Trinajstić information content (AvgIpc) is 3.15. The summed E-state index contributed by atoms with van der Waals surface area (Å²) in [5, 5.41) is 0. The van der Waals surface area contributed by atoms with Crippen LogP contribution in [0.5, 0.6) is 0 Å². The van der Waals surface area contributed by atoms with Crippen LogP contribution in [-0.2, 0) is 20.7 Å². The molecule has 1 amide bonds. The lowest BCUT2D eigenvalue weighted by Gasteiger charge is -2.22. The number of ketones is 1. The van der Waals surface area contributed by atoms with Gasteiger partial charge in [0.05, 0.1) is 6.61 Å². The highest BCUT2D eigenvalue weighted by Crippen LogP contribution is 2.34. The summed E-state index contributed by atoms with van der Waals surface area (Å²) in [7, 11) is 0. The van der Waals surface area contributed by atoms with Gasteiger partial charge in [-0.15, -0.1) is 0 Å². The first-order valence-electron chi connectivity index (χ1n) is 6.45. The number of hydrogen-bond donors (Lipinski definition) is 1. The molecule has 0 aromatic heterocycles. The van der Waals surface area contributed by atoms with Crippen molar-refractivity contribution in [2.45, 2.75) is 25.9 Å². The van der Waals surface area contributed by atoms with E-state index in [0.717, 1.165) is 5.56 Å². The Morgan fingerprint density at radius 1 is 1.37 bits per heavy atom. The number of Topliss-reactive ketones (excluding diaryl/α,β-unsaturated/α-hetero) is 1. The number of carbonyl (C=O) groups excluding carboxylic acids is 2. The lowest BCUT2D eigenvalue weighted by Crippen LogP contribution is -2.39. The number of primary amides is 1. The maximum Gasteiger partial charge on any atom is 0.220 e. The standard InChI is InChI=1S/C15H19NO3/c1-10(14(16)18)12(13(17)15(2)9-19-15)8-11-6-4-3-5-7-11/h3-7,10,12H,8-9H2,1-2H3,(H2,16,18)/t10?,12-,15+/m0/s1. The monoisotopic (exact) mass is 261 g/mol. The maximum absolute atomic E-state index is 12.4. The molecule has 19 heavy (non-hydrogen) atoms. The van der Waals surface area contributed by atoms with Gasteiger partial charge in [-0.25, -0.2) is 0 Å². The number of epoxide rings is 1. The smallest absolute Gasteiger partial charge is 0.220 e. The third-order valence-electron chi connectivity index (χ3n) is 3.79. The molecule has 1 aliphatic heterocycles. The van der Waals surface area contributed by atoms with Crippen LogP contribution in [0.3, 0.4) is 0 Å². The van der Waals surface area contributed by atoms with E-state index in [9.17, 15) is 9.59 Å². The molecule has 0 radical (unpaired) electrons. The SMILES string of the molecule is CC(C(N)=O)[C@H](Cc1ccccc1)C(=O)[C@@]1(C)CO1. The van der Waals surface area contributed by atoms with Crippen LogP contribution >= 0.6 is 0 Å². The molecule has 0 aliphatic carbocycles. The second-order valence-corrected chi connectivity index (χ2v) is 5.37. The summed E-state index contributed by atoms with van der Waals surface area (Å²) in [6.07, 6.45) is 0.517. The van der Waals surface area contributed by atoms with E-state index < -0.39 is 23.3 Å². The van der Waals surface area contributed by atoms with Crippen LogP contribution in [0.15, 0.2) is 30.3 Å². The summed E-state index contributed by atoms with van der Waals surface area (Å²) in [4.78, 5) is 23.9. The first kappa shape index (κ1) is 13.7. The highest BCUT2D eigenvalue weighted by molar-refractivity contribution is 5.95. The van der Waals surface area contributed by atoms with Gasteiger partial charge in [-0.2, -0.15) is 0 Å². The van der Waals surface area contributed by atoms with E-state index in [1.165, 1.54) is 0 Å². The van der Waals surface area contributed by atoms with Gasteiger partial charge in [0.2, 0.25) is 5.91 Å². The lowest BCUT2D eigenvalue weighted by molar-refractivity contribution is -0.134. The van der Waals surface area contributed by atoms with Gasteiger partial charge in [0, 0.05) is 11.8 Å². The van der Waals surface area contributed by atoms with Crippen LogP contribution < -0.4 is 5.73 Å². The van der Waals surface area contributed by atoms with Gasteiger partial charge in [-0.3, -0.25) is 9.59 Å². The molecule has 0 saturated carbocycles. The lowest BCUT2D eigenvalue weighted by atomic mass is 9.80. The van der Waals surface area contributed by atoms with Gasteiger partial charge in [0.25, 0.3) is 0 Å². The Bertz CT molecular complexity index is 479. The minimum absolute atomic E-state index is 0.0253. The molecule has 1 unspecified atom stereocenters. The number of hydrogen-bond acceptors (Lipinski definition) is 3. The highest BCUT2D eigenvalue weighted by atomic mass is 16.6. The number of nitrogens with two attached hydrogens (primary N) is 1. The molecule has 1 aromatic carbocycles. The van der Waals surface area contributed by atoms with Gasteiger partial charge in [-0.1, -0.05) is 37.3 Å². The summed E-state index contributed by atoms with van der Waals surface area (Å²) in [6.45, 7) is 3.91. The minimum atomic E-state index is -0.719. The number of rotatable bonds is 6. The molecule has 2 rings (SSSR count). The first-order chi connectivity index (χ1) is 8.94. The van der Waals surface area contributed by atoms with Crippen molar-refractivity contribution in [2.75, 3.05) is 6.61 Å². The summed E-state index contributed by atoms with van der Waals surface area (Å²) in [5.74, 6) is -1.39. The largest absolute Gasteiger partial charge is 0.369 e. The van der Waals surface area contributed by atoms with Crippen LogP contribution in [-0.4, -0.2) is 23.9 Å². The molecular formula is C15H19NO3. The second-order valence-electron chi connectivity index (χ2n) is 5.37. The fourth-order valence-corrected chi connectivity index (χ4v) is 2.21. The predicted octanol–water partition coefficient (Wildman–Crippen LogP) is 1.32. The maximum atomic E-state index is 12.4. The predicted molar refractivity (Wildman–Crippen MR) is 71.4 cm³/mol. The van der Waals surface area contributed by atoms with E-state index in [1.54, 1.807) is 13.8 Å². The average molecular weight is 261 g/mol. The molecule has 1 saturated heterocycles. The summed E-state index contributed by atoms with van der Waals surface area (Å²) >= 11 is 0. The van der Waals surface area contributed by atoms with E-state index in [2.05, 4.69) is 0 Å². The molecule has 1 aromatic rings. The third kappa shape index (κ3) is 3.01. The van der Waals surface area contributed by atoms with Crippen LogP contribution in [0.2, 0.25) is 0 Å². The molecule has 4 nitrogen and oxygen atoms in total.